The van der Waals surface area contributed by atoms with Gasteiger partial charge in [0.1, 0.15) is 5.75 Å². The van der Waals surface area contributed by atoms with Gasteiger partial charge in [-0.05, 0) is 54.2 Å². The molecule has 5 nitrogen and oxygen atoms in total. The van der Waals surface area contributed by atoms with Crippen LogP contribution in [0.15, 0.2) is 48.5 Å². The Morgan fingerprint density at radius 3 is 2.46 bits per heavy atom. The van der Waals surface area contributed by atoms with Crippen molar-refractivity contribution in [3.63, 3.8) is 0 Å². The Morgan fingerprint density at radius 2 is 1.82 bits per heavy atom. The fourth-order valence-corrected chi connectivity index (χ4v) is 3.43. The minimum Gasteiger partial charge on any atom is -0.497 e. The van der Waals surface area contributed by atoms with Gasteiger partial charge in [-0.15, -0.1) is 0 Å². The van der Waals surface area contributed by atoms with Gasteiger partial charge >= 0.3 is 0 Å². The topological polar surface area (TPSA) is 37.0 Å². The number of methoxy groups -OCH3 is 1. The van der Waals surface area contributed by atoms with Crippen LogP contribution in [0.5, 0.6) is 5.75 Å². The molecule has 0 radical (unpaired) electrons. The first-order valence-corrected chi connectivity index (χ1v) is 10.2. The normalized spacial score (nSPS) is 14.5. The Labute approximate surface area is 177 Å². The summed E-state index contributed by atoms with van der Waals surface area (Å²) < 4.78 is 10.7. The van der Waals surface area contributed by atoms with E-state index in [0.717, 1.165) is 57.4 Å². The molecule has 1 saturated heterocycles. The summed E-state index contributed by atoms with van der Waals surface area (Å²) in [6.07, 6.45) is 0. The zero-order valence-corrected chi connectivity index (χ0v) is 17.6. The fraction of sp³-hybridized carbons (Fsp3) is 0.381. The molecule has 3 rings (SSSR count). The van der Waals surface area contributed by atoms with Crippen LogP contribution in [-0.2, 0) is 11.3 Å². The maximum absolute atomic E-state index is 5.98. The molecule has 0 unspecified atom stereocenters. The third-order valence-electron chi connectivity index (χ3n) is 4.71. The van der Waals surface area contributed by atoms with E-state index in [2.05, 4.69) is 27.2 Å². The number of halogens is 1. The summed E-state index contributed by atoms with van der Waals surface area (Å²) in [6.45, 7) is 6.04. The third kappa shape index (κ3) is 6.34. The van der Waals surface area contributed by atoms with E-state index in [1.54, 1.807) is 7.11 Å². The molecule has 0 spiro atoms. The zero-order chi connectivity index (χ0) is 19.8. The molecule has 1 aliphatic rings. The van der Waals surface area contributed by atoms with Crippen molar-refractivity contribution in [3.05, 3.63) is 59.1 Å². The number of morpholine rings is 1. The van der Waals surface area contributed by atoms with Gasteiger partial charge in [0.05, 0.1) is 20.3 Å². The predicted octanol–water partition coefficient (Wildman–Crippen LogP) is 3.88. The molecule has 0 saturated carbocycles. The molecule has 0 aliphatic carbocycles. The number of anilines is 1. The van der Waals surface area contributed by atoms with E-state index in [0.29, 0.717) is 10.1 Å². The summed E-state index contributed by atoms with van der Waals surface area (Å²) in [7, 11) is 1.68. The molecule has 0 amide bonds. The van der Waals surface area contributed by atoms with Crippen molar-refractivity contribution < 1.29 is 9.47 Å². The molecule has 0 aromatic heterocycles. The van der Waals surface area contributed by atoms with E-state index in [1.165, 1.54) is 5.56 Å². The maximum atomic E-state index is 5.98. The Bertz CT molecular complexity index is 749. The van der Waals surface area contributed by atoms with Crippen molar-refractivity contribution in [3.8, 4) is 5.75 Å². The first-order chi connectivity index (χ1) is 13.6. The number of nitrogens with one attached hydrogen (secondary N) is 1. The zero-order valence-electron chi connectivity index (χ0n) is 16.1. The van der Waals surface area contributed by atoms with Crippen molar-refractivity contribution in [2.75, 3.05) is 51.8 Å². The van der Waals surface area contributed by atoms with Gasteiger partial charge in [0.25, 0.3) is 0 Å². The third-order valence-corrected chi connectivity index (χ3v) is 5.32. The van der Waals surface area contributed by atoms with E-state index in [9.17, 15) is 0 Å². The van der Waals surface area contributed by atoms with Crippen LogP contribution in [0.3, 0.4) is 0 Å². The number of ether oxygens (including phenoxy) is 2. The summed E-state index contributed by atoms with van der Waals surface area (Å²) in [5, 5.41) is 4.74. The Morgan fingerprint density at radius 1 is 1.14 bits per heavy atom. The smallest absolute Gasteiger partial charge is 0.173 e. The number of rotatable bonds is 7. The largest absolute Gasteiger partial charge is 0.497 e. The molecule has 1 heterocycles. The summed E-state index contributed by atoms with van der Waals surface area (Å²) in [5.74, 6) is 0.852. The van der Waals surface area contributed by atoms with Crippen LogP contribution in [0, 0.1) is 0 Å². The number of nitrogens with zero attached hydrogens (tertiary/aromatic N) is 2. The minimum atomic E-state index is 0.700. The Balaban J connectivity index is 1.66. The van der Waals surface area contributed by atoms with E-state index in [4.69, 9.17) is 33.3 Å². The highest BCUT2D eigenvalue weighted by Gasteiger charge is 2.15. The molecular weight excluding hydrogens is 394 g/mol. The molecule has 1 aliphatic heterocycles. The van der Waals surface area contributed by atoms with Crippen molar-refractivity contribution in [1.29, 1.82) is 0 Å². The molecule has 150 valence electrons. The second-order valence-corrected chi connectivity index (χ2v) is 7.48. The second kappa shape index (κ2) is 10.6. The van der Waals surface area contributed by atoms with Crippen LogP contribution in [-0.4, -0.2) is 61.4 Å². The van der Waals surface area contributed by atoms with Gasteiger partial charge in [-0.2, -0.15) is 0 Å². The van der Waals surface area contributed by atoms with Crippen LogP contribution in [0.4, 0.5) is 5.69 Å². The van der Waals surface area contributed by atoms with E-state index >= 15 is 0 Å². The van der Waals surface area contributed by atoms with Crippen LogP contribution in [0.1, 0.15) is 5.56 Å². The molecule has 0 bridgehead atoms. The first kappa shape index (κ1) is 20.9. The Kier molecular flexibility index (Phi) is 7.91. The number of thiocarbonyl (C=S) groups is 1. The minimum absolute atomic E-state index is 0.700. The van der Waals surface area contributed by atoms with Crippen LogP contribution < -0.4 is 10.1 Å². The van der Waals surface area contributed by atoms with Crippen LogP contribution in [0.25, 0.3) is 0 Å². The van der Waals surface area contributed by atoms with Gasteiger partial charge < -0.3 is 19.7 Å². The molecule has 7 heteroatoms. The van der Waals surface area contributed by atoms with E-state index < -0.39 is 0 Å². The Hall–Kier alpha value is -1.86. The van der Waals surface area contributed by atoms with Crippen molar-refractivity contribution >= 4 is 34.6 Å². The highest BCUT2D eigenvalue weighted by atomic mass is 35.5. The summed E-state index contributed by atoms with van der Waals surface area (Å²) in [4.78, 5) is 4.61. The van der Waals surface area contributed by atoms with Crippen LogP contribution >= 0.6 is 23.8 Å². The van der Waals surface area contributed by atoms with Gasteiger partial charge in [-0.1, -0.05) is 23.7 Å². The average Bonchev–Trinajstić information content (AvgIpc) is 2.74. The fourth-order valence-electron chi connectivity index (χ4n) is 3.03. The lowest BCUT2D eigenvalue weighted by Crippen LogP contribution is -2.43. The average molecular weight is 420 g/mol. The van der Waals surface area contributed by atoms with E-state index in [1.807, 2.05) is 36.4 Å². The summed E-state index contributed by atoms with van der Waals surface area (Å²) in [6, 6.07) is 15.7. The van der Waals surface area contributed by atoms with E-state index in [-0.39, 0.29) is 0 Å². The van der Waals surface area contributed by atoms with Gasteiger partial charge in [-0.25, -0.2) is 0 Å². The number of hydrogen-bond donors (Lipinski definition) is 1. The maximum Gasteiger partial charge on any atom is 0.173 e. The van der Waals surface area contributed by atoms with Crippen molar-refractivity contribution in [1.82, 2.24) is 9.80 Å². The lowest BCUT2D eigenvalue weighted by Gasteiger charge is -2.31. The van der Waals surface area contributed by atoms with Gasteiger partial charge in [-0.3, -0.25) is 4.90 Å². The first-order valence-electron chi connectivity index (χ1n) is 9.38. The summed E-state index contributed by atoms with van der Waals surface area (Å²) >= 11 is 11.7. The summed E-state index contributed by atoms with van der Waals surface area (Å²) in [5.41, 5.74) is 2.11. The predicted molar refractivity (Wildman–Crippen MR) is 118 cm³/mol. The molecule has 1 N–H and O–H groups in total. The van der Waals surface area contributed by atoms with Gasteiger partial charge in [0.2, 0.25) is 0 Å². The molecule has 1 fully saturated rings. The highest BCUT2D eigenvalue weighted by Crippen LogP contribution is 2.16. The SMILES string of the molecule is COc1ccc(CN(CCN2CCOCC2)C(=S)Nc2ccc(Cl)cc2)cc1. The van der Waals surface area contributed by atoms with Gasteiger partial charge in [0.15, 0.2) is 5.11 Å². The van der Waals surface area contributed by atoms with Gasteiger partial charge in [0, 0.05) is 43.4 Å². The molecule has 0 atom stereocenters. The number of benzene rings is 2. The molecule has 28 heavy (non-hydrogen) atoms. The highest BCUT2D eigenvalue weighted by molar-refractivity contribution is 7.80. The van der Waals surface area contributed by atoms with Crippen molar-refractivity contribution in [2.24, 2.45) is 0 Å². The quantitative estimate of drug-likeness (QED) is 0.686. The standard InChI is InChI=1S/C21H26ClN3O2S/c1-26-20-8-2-17(3-9-20)16-25(11-10-24-12-14-27-15-13-24)21(28)23-19-6-4-18(22)5-7-19/h2-9H,10-16H2,1H3,(H,23,28). The molecule has 2 aromatic carbocycles. The lowest BCUT2D eigenvalue weighted by atomic mass is 10.2. The monoisotopic (exact) mass is 419 g/mol. The second-order valence-electron chi connectivity index (χ2n) is 6.66. The van der Waals surface area contributed by atoms with Crippen LogP contribution in [0.2, 0.25) is 5.02 Å². The number of hydrogen-bond acceptors (Lipinski definition) is 4. The van der Waals surface area contributed by atoms with Crippen molar-refractivity contribution in [2.45, 2.75) is 6.54 Å². The molecule has 2 aromatic rings. The molecular formula is C21H26ClN3O2S. The lowest BCUT2D eigenvalue weighted by molar-refractivity contribution is 0.0358.